The molecule has 0 unspecified atom stereocenters. The molecule has 0 saturated carbocycles. The molecule has 24 heavy (non-hydrogen) atoms. The Morgan fingerprint density at radius 3 is 1.58 bits per heavy atom. The van der Waals surface area contributed by atoms with E-state index >= 15 is 0 Å². The lowest BCUT2D eigenvalue weighted by molar-refractivity contribution is -0.126. The number of nitrogens with one attached hydrogen (secondary N) is 4. The van der Waals surface area contributed by atoms with Crippen molar-refractivity contribution in [2.75, 3.05) is 39.3 Å². The summed E-state index contributed by atoms with van der Waals surface area (Å²) in [4.78, 5) is 23.9. The summed E-state index contributed by atoms with van der Waals surface area (Å²) in [7, 11) is 0. The molecule has 2 saturated heterocycles. The van der Waals surface area contributed by atoms with E-state index in [1.54, 1.807) is 0 Å². The second-order valence-corrected chi connectivity index (χ2v) is 7.08. The quantitative estimate of drug-likeness (QED) is 0.468. The second-order valence-electron chi connectivity index (χ2n) is 7.08. The first-order valence-electron chi connectivity index (χ1n) is 9.74. The summed E-state index contributed by atoms with van der Waals surface area (Å²) in [5.74, 6) is 0.720. The van der Waals surface area contributed by atoms with Crippen LogP contribution in [0.15, 0.2) is 0 Å². The van der Waals surface area contributed by atoms with Crippen molar-refractivity contribution >= 4 is 11.8 Å². The van der Waals surface area contributed by atoms with Gasteiger partial charge in [0.2, 0.25) is 11.8 Å². The Labute approximate surface area is 145 Å². The van der Waals surface area contributed by atoms with Gasteiger partial charge < -0.3 is 21.3 Å². The topological polar surface area (TPSA) is 82.3 Å². The SMILES string of the molecule is O=C(NCCCCCCNC(=O)[C@H]1CCCNC1)[C@H]1CCCNC1. The number of carbonyl (C=O) groups excluding carboxylic acids is 2. The molecule has 2 heterocycles. The lowest BCUT2D eigenvalue weighted by atomic mass is 9.99. The number of carbonyl (C=O) groups is 2. The first kappa shape index (κ1) is 19.2. The van der Waals surface area contributed by atoms with E-state index in [9.17, 15) is 9.59 Å². The van der Waals surface area contributed by atoms with Crippen molar-refractivity contribution in [2.24, 2.45) is 11.8 Å². The molecule has 4 N–H and O–H groups in total. The Morgan fingerprint density at radius 2 is 1.21 bits per heavy atom. The van der Waals surface area contributed by atoms with Crippen LogP contribution in [0.25, 0.3) is 0 Å². The average Bonchev–Trinajstić information content (AvgIpc) is 2.65. The number of hydrogen-bond donors (Lipinski definition) is 4. The smallest absolute Gasteiger partial charge is 0.224 e. The normalized spacial score (nSPS) is 24.3. The van der Waals surface area contributed by atoms with Crippen LogP contribution in [-0.2, 0) is 9.59 Å². The number of piperidine rings is 2. The van der Waals surface area contributed by atoms with E-state index in [1.165, 1.54) is 0 Å². The summed E-state index contributed by atoms with van der Waals surface area (Å²) in [5, 5.41) is 12.6. The number of hydrogen-bond acceptors (Lipinski definition) is 4. The summed E-state index contributed by atoms with van der Waals surface area (Å²) in [5.41, 5.74) is 0. The van der Waals surface area contributed by atoms with Gasteiger partial charge in [0.05, 0.1) is 11.8 Å². The summed E-state index contributed by atoms with van der Waals surface area (Å²) < 4.78 is 0. The Balaban J connectivity index is 1.40. The first-order chi connectivity index (χ1) is 11.8. The van der Waals surface area contributed by atoms with Crippen LogP contribution in [0.5, 0.6) is 0 Å². The molecule has 2 amide bonds. The fraction of sp³-hybridized carbons (Fsp3) is 0.889. The van der Waals surface area contributed by atoms with E-state index in [-0.39, 0.29) is 23.7 Å². The van der Waals surface area contributed by atoms with Gasteiger partial charge in [-0.3, -0.25) is 9.59 Å². The third kappa shape index (κ3) is 7.18. The molecule has 2 aliphatic rings. The third-order valence-corrected chi connectivity index (χ3v) is 5.04. The van der Waals surface area contributed by atoms with Gasteiger partial charge in [0, 0.05) is 26.2 Å². The predicted octanol–water partition coefficient (Wildman–Crippen LogP) is 0.778. The Morgan fingerprint density at radius 1 is 0.750 bits per heavy atom. The summed E-state index contributed by atoms with van der Waals surface area (Å²) in [6.07, 6.45) is 8.46. The highest BCUT2D eigenvalue weighted by molar-refractivity contribution is 5.79. The van der Waals surface area contributed by atoms with E-state index < -0.39 is 0 Å². The first-order valence-corrected chi connectivity index (χ1v) is 9.74. The predicted molar refractivity (Wildman–Crippen MR) is 95.7 cm³/mol. The number of rotatable bonds is 9. The molecule has 0 aromatic heterocycles. The van der Waals surface area contributed by atoms with E-state index in [0.717, 1.165) is 90.6 Å². The van der Waals surface area contributed by atoms with Gasteiger partial charge in [0.15, 0.2) is 0 Å². The zero-order valence-corrected chi connectivity index (χ0v) is 14.9. The van der Waals surface area contributed by atoms with Gasteiger partial charge in [0.1, 0.15) is 0 Å². The summed E-state index contributed by atoms with van der Waals surface area (Å²) >= 11 is 0. The second kappa shape index (κ2) is 11.4. The van der Waals surface area contributed by atoms with E-state index in [0.29, 0.717) is 0 Å². The maximum atomic E-state index is 12.0. The maximum Gasteiger partial charge on any atom is 0.224 e. The Kier molecular flexibility index (Phi) is 9.13. The van der Waals surface area contributed by atoms with Crippen LogP contribution in [0.3, 0.4) is 0 Å². The van der Waals surface area contributed by atoms with Crippen LogP contribution < -0.4 is 21.3 Å². The Hall–Kier alpha value is -1.14. The standard InChI is InChI=1S/C18H34N4O2/c23-17(15-7-5-9-19-13-15)21-11-3-1-2-4-12-22-18(24)16-8-6-10-20-14-16/h15-16,19-20H,1-14H2,(H,21,23)(H,22,24)/t15-,16-/m0/s1. The van der Waals surface area contributed by atoms with Crippen molar-refractivity contribution in [3.63, 3.8) is 0 Å². The van der Waals surface area contributed by atoms with Crippen molar-refractivity contribution in [1.29, 1.82) is 0 Å². The lowest BCUT2D eigenvalue weighted by Crippen LogP contribution is -2.40. The molecule has 2 fully saturated rings. The van der Waals surface area contributed by atoms with Gasteiger partial charge in [-0.2, -0.15) is 0 Å². The molecule has 2 aliphatic heterocycles. The van der Waals surface area contributed by atoms with Gasteiger partial charge in [-0.05, 0) is 51.6 Å². The van der Waals surface area contributed by atoms with E-state index in [1.807, 2.05) is 0 Å². The molecule has 0 aromatic rings. The third-order valence-electron chi connectivity index (χ3n) is 5.04. The maximum absolute atomic E-state index is 12.0. The summed E-state index contributed by atoms with van der Waals surface area (Å²) in [6.45, 7) is 5.27. The average molecular weight is 338 g/mol. The molecule has 138 valence electrons. The zero-order chi connectivity index (χ0) is 17.0. The molecule has 0 aromatic carbocycles. The minimum Gasteiger partial charge on any atom is -0.356 e. The van der Waals surface area contributed by atoms with Gasteiger partial charge in [0.25, 0.3) is 0 Å². The fourth-order valence-corrected chi connectivity index (χ4v) is 3.47. The highest BCUT2D eigenvalue weighted by atomic mass is 16.2. The molecule has 6 heteroatoms. The summed E-state index contributed by atoms with van der Waals surface area (Å²) in [6, 6.07) is 0. The molecule has 0 bridgehead atoms. The molecule has 0 spiro atoms. The van der Waals surface area contributed by atoms with Crippen LogP contribution in [0.1, 0.15) is 51.4 Å². The van der Waals surface area contributed by atoms with Crippen LogP contribution in [-0.4, -0.2) is 51.1 Å². The molecular weight excluding hydrogens is 304 g/mol. The van der Waals surface area contributed by atoms with E-state index in [2.05, 4.69) is 21.3 Å². The van der Waals surface area contributed by atoms with E-state index in [4.69, 9.17) is 0 Å². The van der Waals surface area contributed by atoms with Crippen molar-refractivity contribution < 1.29 is 9.59 Å². The molecule has 2 atom stereocenters. The van der Waals surface area contributed by atoms with Gasteiger partial charge >= 0.3 is 0 Å². The van der Waals surface area contributed by atoms with Crippen LogP contribution >= 0.6 is 0 Å². The zero-order valence-electron chi connectivity index (χ0n) is 14.9. The van der Waals surface area contributed by atoms with Crippen molar-refractivity contribution in [2.45, 2.75) is 51.4 Å². The van der Waals surface area contributed by atoms with Crippen molar-refractivity contribution in [1.82, 2.24) is 21.3 Å². The lowest BCUT2D eigenvalue weighted by Gasteiger charge is -2.22. The number of amides is 2. The minimum atomic E-state index is 0.156. The van der Waals surface area contributed by atoms with Crippen molar-refractivity contribution in [3.8, 4) is 0 Å². The van der Waals surface area contributed by atoms with Crippen molar-refractivity contribution in [3.05, 3.63) is 0 Å². The van der Waals surface area contributed by atoms with Crippen LogP contribution in [0.4, 0.5) is 0 Å². The molecule has 2 rings (SSSR count). The van der Waals surface area contributed by atoms with Gasteiger partial charge in [-0.25, -0.2) is 0 Å². The molecule has 0 radical (unpaired) electrons. The minimum absolute atomic E-state index is 0.156. The highest BCUT2D eigenvalue weighted by Crippen LogP contribution is 2.10. The largest absolute Gasteiger partial charge is 0.356 e. The molecular formula is C18H34N4O2. The van der Waals surface area contributed by atoms with Crippen LogP contribution in [0, 0.1) is 11.8 Å². The van der Waals surface area contributed by atoms with Gasteiger partial charge in [-0.1, -0.05) is 12.8 Å². The number of unbranched alkanes of at least 4 members (excludes halogenated alkanes) is 3. The fourth-order valence-electron chi connectivity index (χ4n) is 3.47. The monoisotopic (exact) mass is 338 g/mol. The molecule has 6 nitrogen and oxygen atoms in total. The van der Waals surface area contributed by atoms with Crippen LogP contribution in [0.2, 0.25) is 0 Å². The Bertz CT molecular complexity index is 341. The van der Waals surface area contributed by atoms with Gasteiger partial charge in [-0.15, -0.1) is 0 Å². The highest BCUT2D eigenvalue weighted by Gasteiger charge is 2.20. The molecule has 0 aliphatic carbocycles.